The van der Waals surface area contributed by atoms with Gasteiger partial charge in [-0.3, -0.25) is 0 Å². The molecule has 0 fully saturated rings. The van der Waals surface area contributed by atoms with Crippen molar-refractivity contribution in [2.24, 2.45) is 0 Å². The van der Waals surface area contributed by atoms with Crippen LogP contribution >= 0.6 is 0 Å². The summed E-state index contributed by atoms with van der Waals surface area (Å²) in [7, 11) is 0. The zero-order chi connectivity index (χ0) is 13.3. The number of hydrogen-bond acceptors (Lipinski definition) is 7. The quantitative estimate of drug-likeness (QED) is 0.291. The van der Waals surface area contributed by atoms with E-state index in [0.717, 1.165) is 0 Å². The molecular weight excluding hydrogens is 244 g/mol. The highest BCUT2D eigenvalue weighted by Gasteiger charge is 1.92. The average Bonchev–Trinajstić information content (AvgIpc) is 2.39. The van der Waals surface area contributed by atoms with Crippen molar-refractivity contribution in [1.82, 2.24) is 0 Å². The predicted octanol–water partition coefficient (Wildman–Crippen LogP) is -0.988. The van der Waals surface area contributed by atoms with Gasteiger partial charge in [-0.1, -0.05) is 0 Å². The molecule has 110 valence electrons. The fourth-order valence-corrected chi connectivity index (χ4v) is 0.966. The van der Waals surface area contributed by atoms with Crippen LogP contribution in [-0.2, 0) is 23.7 Å². The summed E-state index contributed by atoms with van der Waals surface area (Å²) in [5, 5.41) is 16.9. The maximum Gasteiger partial charge on any atom is 0.146 e. The van der Waals surface area contributed by atoms with Gasteiger partial charge >= 0.3 is 0 Å². The maximum atomic E-state index is 8.44. The summed E-state index contributed by atoms with van der Waals surface area (Å²) in [6, 6.07) is 0. The van der Waals surface area contributed by atoms with Crippen molar-refractivity contribution in [3.63, 3.8) is 0 Å². The molecule has 0 aromatic heterocycles. The van der Waals surface area contributed by atoms with Crippen molar-refractivity contribution < 1.29 is 33.9 Å². The van der Waals surface area contributed by atoms with Gasteiger partial charge in [0.05, 0.1) is 66.1 Å². The minimum absolute atomic E-state index is 0.0237. The number of rotatable bonds is 15. The lowest BCUT2D eigenvalue weighted by Gasteiger charge is -2.07. The lowest BCUT2D eigenvalue weighted by atomic mass is 10.7. The van der Waals surface area contributed by atoms with Gasteiger partial charge in [0.15, 0.2) is 0 Å². The van der Waals surface area contributed by atoms with Crippen molar-refractivity contribution in [2.45, 2.75) is 0 Å². The predicted molar refractivity (Wildman–Crippen MR) is 63.4 cm³/mol. The second-order valence-corrected chi connectivity index (χ2v) is 3.22. The molecule has 18 heavy (non-hydrogen) atoms. The second-order valence-electron chi connectivity index (χ2n) is 3.22. The number of aliphatic hydroxyl groups excluding tert-OH is 2. The highest BCUT2D eigenvalue weighted by atomic mass is 16.7. The Bertz CT molecular complexity index is 129. The molecule has 0 bridgehead atoms. The monoisotopic (exact) mass is 268 g/mol. The van der Waals surface area contributed by atoms with E-state index < -0.39 is 0 Å². The molecule has 7 heteroatoms. The van der Waals surface area contributed by atoms with Gasteiger partial charge in [0.2, 0.25) is 0 Å². The summed E-state index contributed by atoms with van der Waals surface area (Å²) < 4.78 is 25.4. The third-order valence-electron chi connectivity index (χ3n) is 1.75. The zero-order valence-electron chi connectivity index (χ0n) is 10.7. The normalized spacial score (nSPS) is 11.0. The Hall–Kier alpha value is -0.280. The molecule has 0 aliphatic carbocycles. The Morgan fingerprint density at radius 2 is 0.778 bits per heavy atom. The summed E-state index contributed by atoms with van der Waals surface area (Å²) in [5.74, 6) is 0. The Morgan fingerprint density at radius 3 is 1.17 bits per heavy atom. The van der Waals surface area contributed by atoms with Crippen LogP contribution in [-0.4, -0.2) is 83.1 Å². The molecule has 2 N–H and O–H groups in total. The van der Waals surface area contributed by atoms with E-state index in [1.807, 2.05) is 0 Å². The number of aliphatic hydroxyl groups is 2. The van der Waals surface area contributed by atoms with E-state index in [0.29, 0.717) is 52.9 Å². The summed E-state index contributed by atoms with van der Waals surface area (Å²) >= 11 is 0. The summed E-state index contributed by atoms with van der Waals surface area (Å²) in [4.78, 5) is 0. The van der Waals surface area contributed by atoms with E-state index in [4.69, 9.17) is 33.9 Å². The van der Waals surface area contributed by atoms with E-state index in [9.17, 15) is 0 Å². The number of hydrogen-bond donors (Lipinski definition) is 2. The first-order valence-electron chi connectivity index (χ1n) is 6.02. The minimum Gasteiger partial charge on any atom is -0.394 e. The van der Waals surface area contributed by atoms with Crippen molar-refractivity contribution >= 4 is 0 Å². The van der Waals surface area contributed by atoms with Crippen LogP contribution < -0.4 is 0 Å². The highest BCUT2D eigenvalue weighted by molar-refractivity contribution is 4.32. The highest BCUT2D eigenvalue weighted by Crippen LogP contribution is 1.83. The minimum atomic E-state index is 0.0237. The van der Waals surface area contributed by atoms with E-state index in [-0.39, 0.29) is 20.0 Å². The van der Waals surface area contributed by atoms with Crippen molar-refractivity contribution in [3.8, 4) is 0 Å². The third-order valence-corrected chi connectivity index (χ3v) is 1.75. The van der Waals surface area contributed by atoms with E-state index in [1.165, 1.54) is 0 Å². The summed E-state index contributed by atoms with van der Waals surface area (Å²) in [6.07, 6.45) is 0. The van der Waals surface area contributed by atoms with Gasteiger partial charge in [-0.05, 0) is 0 Å². The summed E-state index contributed by atoms with van der Waals surface area (Å²) in [5.41, 5.74) is 0. The van der Waals surface area contributed by atoms with Crippen molar-refractivity contribution in [3.05, 3.63) is 0 Å². The Morgan fingerprint density at radius 1 is 0.444 bits per heavy atom. The van der Waals surface area contributed by atoms with Gasteiger partial charge in [-0.15, -0.1) is 0 Å². The Balaban J connectivity index is 2.86. The van der Waals surface area contributed by atoms with Crippen LogP contribution in [0.3, 0.4) is 0 Å². The van der Waals surface area contributed by atoms with E-state index in [2.05, 4.69) is 0 Å². The van der Waals surface area contributed by atoms with Gasteiger partial charge < -0.3 is 33.9 Å². The summed E-state index contributed by atoms with van der Waals surface area (Å²) in [6.45, 7) is 3.70. The standard InChI is InChI=1S/C11H24O7/c12-1-3-14-5-6-16-8-10-18-11-17-9-7-15-4-2-13/h12-13H,1-11H2. The van der Waals surface area contributed by atoms with E-state index in [1.54, 1.807) is 0 Å². The van der Waals surface area contributed by atoms with Gasteiger partial charge in [-0.25, -0.2) is 0 Å². The van der Waals surface area contributed by atoms with Gasteiger partial charge in [-0.2, -0.15) is 0 Å². The molecule has 0 saturated carbocycles. The molecule has 0 rings (SSSR count). The molecule has 0 aliphatic rings. The fourth-order valence-electron chi connectivity index (χ4n) is 0.966. The third kappa shape index (κ3) is 15.7. The van der Waals surface area contributed by atoms with E-state index >= 15 is 0 Å². The van der Waals surface area contributed by atoms with Crippen LogP contribution in [0.4, 0.5) is 0 Å². The molecule has 7 nitrogen and oxygen atoms in total. The maximum absolute atomic E-state index is 8.44. The van der Waals surface area contributed by atoms with Crippen LogP contribution in [0.2, 0.25) is 0 Å². The molecule has 0 spiro atoms. The molecule has 0 atom stereocenters. The fraction of sp³-hybridized carbons (Fsp3) is 1.00. The first kappa shape index (κ1) is 17.7. The largest absolute Gasteiger partial charge is 0.394 e. The molecule has 0 unspecified atom stereocenters. The average molecular weight is 268 g/mol. The molecule has 0 aromatic rings. The molecule has 0 aromatic carbocycles. The van der Waals surface area contributed by atoms with Crippen molar-refractivity contribution in [2.75, 3.05) is 72.9 Å². The van der Waals surface area contributed by atoms with Crippen LogP contribution in [0.5, 0.6) is 0 Å². The van der Waals surface area contributed by atoms with Gasteiger partial charge in [0.1, 0.15) is 6.79 Å². The Labute approximate surface area is 108 Å². The molecule has 0 aliphatic heterocycles. The SMILES string of the molecule is OCCOCCOCCOCOCCOCCO. The number of ether oxygens (including phenoxy) is 5. The molecule has 0 radical (unpaired) electrons. The molecule has 0 amide bonds. The molecule has 0 saturated heterocycles. The zero-order valence-corrected chi connectivity index (χ0v) is 10.7. The molecule has 0 heterocycles. The van der Waals surface area contributed by atoms with Crippen LogP contribution in [0.25, 0.3) is 0 Å². The lowest BCUT2D eigenvalue weighted by Crippen LogP contribution is -2.13. The van der Waals surface area contributed by atoms with Crippen LogP contribution in [0.15, 0.2) is 0 Å². The smallest absolute Gasteiger partial charge is 0.146 e. The first-order valence-corrected chi connectivity index (χ1v) is 6.02. The van der Waals surface area contributed by atoms with Gasteiger partial charge in [0.25, 0.3) is 0 Å². The van der Waals surface area contributed by atoms with Crippen LogP contribution in [0.1, 0.15) is 0 Å². The Kier molecular flexibility index (Phi) is 16.5. The first-order chi connectivity index (χ1) is 8.91. The topological polar surface area (TPSA) is 86.6 Å². The second kappa shape index (κ2) is 16.7. The van der Waals surface area contributed by atoms with Gasteiger partial charge in [0, 0.05) is 0 Å². The van der Waals surface area contributed by atoms with Crippen LogP contribution in [0, 0.1) is 0 Å². The lowest BCUT2D eigenvalue weighted by molar-refractivity contribution is -0.0847. The molecular formula is C11H24O7. The van der Waals surface area contributed by atoms with Crippen molar-refractivity contribution in [1.29, 1.82) is 0 Å².